The Bertz CT molecular complexity index is 1100. The van der Waals surface area contributed by atoms with Gasteiger partial charge in [0.1, 0.15) is 6.61 Å². The van der Waals surface area contributed by atoms with E-state index in [-0.39, 0.29) is 0 Å². The number of benzene rings is 3. The SMILES string of the molecule is CCOc1cc(C=C(C#N)c2ccc(C)cc2)cc(Br)c1OCc1ccccc1Cl. The zero-order valence-corrected chi connectivity index (χ0v) is 19.1. The van der Waals surface area contributed by atoms with Gasteiger partial charge in [-0.1, -0.05) is 59.6 Å². The second-order valence-corrected chi connectivity index (χ2v) is 7.94. The van der Waals surface area contributed by atoms with Gasteiger partial charge >= 0.3 is 0 Å². The Hall–Kier alpha value is -2.74. The van der Waals surface area contributed by atoms with Crippen LogP contribution in [0.5, 0.6) is 11.5 Å². The van der Waals surface area contributed by atoms with E-state index in [0.29, 0.717) is 35.3 Å². The number of allylic oxidation sites excluding steroid dienone is 1. The molecule has 0 radical (unpaired) electrons. The first-order valence-electron chi connectivity index (χ1n) is 9.53. The zero-order chi connectivity index (χ0) is 21.5. The van der Waals surface area contributed by atoms with Crippen LogP contribution in [-0.4, -0.2) is 6.61 Å². The molecule has 0 bridgehead atoms. The Balaban J connectivity index is 1.93. The van der Waals surface area contributed by atoms with E-state index in [1.807, 2.05) is 80.6 Å². The minimum absolute atomic E-state index is 0.320. The van der Waals surface area contributed by atoms with E-state index in [0.717, 1.165) is 26.7 Å². The highest BCUT2D eigenvalue weighted by Crippen LogP contribution is 2.38. The fourth-order valence-electron chi connectivity index (χ4n) is 2.92. The standard InChI is InChI=1S/C25H21BrClNO2/c1-3-29-24-14-18(12-21(15-28)19-10-8-17(2)9-11-19)13-22(26)25(24)30-16-20-6-4-5-7-23(20)27/h4-14H,3,16H2,1-2H3. The molecule has 0 saturated carbocycles. The van der Waals surface area contributed by atoms with Crippen molar-refractivity contribution in [2.45, 2.75) is 20.5 Å². The largest absolute Gasteiger partial charge is 0.490 e. The molecule has 3 rings (SSSR count). The summed E-state index contributed by atoms with van der Waals surface area (Å²) >= 11 is 9.82. The second kappa shape index (κ2) is 10.3. The molecule has 0 fully saturated rings. The van der Waals surface area contributed by atoms with Crippen molar-refractivity contribution in [2.24, 2.45) is 0 Å². The first kappa shape index (κ1) is 22.0. The summed E-state index contributed by atoms with van der Waals surface area (Å²) in [6, 6.07) is 21.5. The topological polar surface area (TPSA) is 42.2 Å². The van der Waals surface area contributed by atoms with Gasteiger partial charge < -0.3 is 9.47 Å². The molecule has 0 N–H and O–H groups in total. The van der Waals surface area contributed by atoms with Gasteiger partial charge in [0.15, 0.2) is 11.5 Å². The lowest BCUT2D eigenvalue weighted by Crippen LogP contribution is -2.01. The Morgan fingerprint density at radius 1 is 1.10 bits per heavy atom. The van der Waals surface area contributed by atoms with E-state index < -0.39 is 0 Å². The van der Waals surface area contributed by atoms with E-state index in [9.17, 15) is 5.26 Å². The highest BCUT2D eigenvalue weighted by molar-refractivity contribution is 9.10. The van der Waals surface area contributed by atoms with E-state index in [1.54, 1.807) is 0 Å². The summed E-state index contributed by atoms with van der Waals surface area (Å²) < 4.78 is 12.6. The van der Waals surface area contributed by atoms with Gasteiger partial charge in [0, 0.05) is 10.6 Å². The monoisotopic (exact) mass is 481 g/mol. The molecule has 0 heterocycles. The quantitative estimate of drug-likeness (QED) is 0.259. The number of nitrogens with zero attached hydrogens (tertiary/aromatic N) is 1. The maximum absolute atomic E-state index is 9.64. The number of aryl methyl sites for hydroxylation is 1. The zero-order valence-electron chi connectivity index (χ0n) is 16.8. The summed E-state index contributed by atoms with van der Waals surface area (Å²) in [7, 11) is 0. The number of hydrogen-bond donors (Lipinski definition) is 0. The Kier molecular flexibility index (Phi) is 7.57. The summed E-state index contributed by atoms with van der Waals surface area (Å²) in [5.41, 5.74) is 4.33. The first-order valence-corrected chi connectivity index (χ1v) is 10.7. The molecule has 0 atom stereocenters. The number of halogens is 2. The van der Waals surface area contributed by atoms with E-state index in [1.165, 1.54) is 0 Å². The van der Waals surface area contributed by atoms with Crippen LogP contribution in [-0.2, 0) is 6.61 Å². The van der Waals surface area contributed by atoms with Crippen molar-refractivity contribution < 1.29 is 9.47 Å². The molecule has 0 aliphatic carbocycles. The van der Waals surface area contributed by atoms with Crippen LogP contribution in [0.15, 0.2) is 65.1 Å². The average molecular weight is 483 g/mol. The number of rotatable bonds is 7. The highest BCUT2D eigenvalue weighted by Gasteiger charge is 2.13. The van der Waals surface area contributed by atoms with Crippen molar-refractivity contribution >= 4 is 39.2 Å². The molecule has 0 amide bonds. The molecule has 0 unspecified atom stereocenters. The molecule has 3 nitrogen and oxygen atoms in total. The van der Waals surface area contributed by atoms with Crippen LogP contribution in [0.4, 0.5) is 0 Å². The minimum atomic E-state index is 0.320. The third-order valence-corrected chi connectivity index (χ3v) is 5.41. The van der Waals surface area contributed by atoms with Crippen LogP contribution in [0.25, 0.3) is 11.6 Å². The summed E-state index contributed by atoms with van der Waals surface area (Å²) in [6.45, 7) is 4.75. The molecular weight excluding hydrogens is 462 g/mol. The Morgan fingerprint density at radius 2 is 1.83 bits per heavy atom. The number of ether oxygens (including phenoxy) is 2. The molecule has 152 valence electrons. The lowest BCUT2D eigenvalue weighted by molar-refractivity contribution is 0.267. The summed E-state index contributed by atoms with van der Waals surface area (Å²) in [5, 5.41) is 10.3. The van der Waals surface area contributed by atoms with Gasteiger partial charge in [-0.15, -0.1) is 0 Å². The summed E-state index contributed by atoms with van der Waals surface area (Å²) in [5.74, 6) is 1.20. The Labute approximate surface area is 190 Å². The second-order valence-electron chi connectivity index (χ2n) is 6.68. The lowest BCUT2D eigenvalue weighted by atomic mass is 10.0. The molecule has 0 saturated heterocycles. The van der Waals surface area contributed by atoms with E-state index in [2.05, 4.69) is 22.0 Å². The Morgan fingerprint density at radius 3 is 2.50 bits per heavy atom. The van der Waals surface area contributed by atoms with Gasteiger partial charge in [-0.05, 0) is 65.2 Å². The molecule has 30 heavy (non-hydrogen) atoms. The number of hydrogen-bond acceptors (Lipinski definition) is 3. The fourth-order valence-corrected chi connectivity index (χ4v) is 3.68. The predicted octanol–water partition coefficient (Wildman–Crippen LogP) is 7.45. The molecule has 0 spiro atoms. The minimum Gasteiger partial charge on any atom is -0.490 e. The van der Waals surface area contributed by atoms with Crippen LogP contribution in [0.2, 0.25) is 5.02 Å². The van der Waals surface area contributed by atoms with Gasteiger partial charge in [-0.3, -0.25) is 0 Å². The average Bonchev–Trinajstić information content (AvgIpc) is 2.73. The molecular formula is C25H21BrClNO2. The number of nitriles is 1. The maximum atomic E-state index is 9.64. The first-order chi connectivity index (χ1) is 14.5. The molecule has 3 aromatic carbocycles. The predicted molar refractivity (Wildman–Crippen MR) is 126 cm³/mol. The van der Waals surface area contributed by atoms with E-state index in [4.69, 9.17) is 21.1 Å². The summed E-state index contributed by atoms with van der Waals surface area (Å²) in [4.78, 5) is 0. The van der Waals surface area contributed by atoms with Crippen LogP contribution >= 0.6 is 27.5 Å². The summed E-state index contributed by atoms with van der Waals surface area (Å²) in [6.07, 6.45) is 1.84. The molecule has 5 heteroatoms. The molecule has 0 aliphatic heterocycles. The van der Waals surface area contributed by atoms with Gasteiger partial charge in [-0.2, -0.15) is 5.26 Å². The van der Waals surface area contributed by atoms with Crippen molar-refractivity contribution in [1.82, 2.24) is 0 Å². The van der Waals surface area contributed by atoms with Crippen molar-refractivity contribution in [3.8, 4) is 17.6 Å². The van der Waals surface area contributed by atoms with Gasteiger partial charge in [-0.25, -0.2) is 0 Å². The third-order valence-electron chi connectivity index (χ3n) is 4.46. The van der Waals surface area contributed by atoms with Crippen molar-refractivity contribution in [3.05, 3.63) is 92.4 Å². The van der Waals surface area contributed by atoms with Crippen LogP contribution in [0, 0.1) is 18.3 Å². The smallest absolute Gasteiger partial charge is 0.175 e. The van der Waals surface area contributed by atoms with Crippen LogP contribution in [0.3, 0.4) is 0 Å². The van der Waals surface area contributed by atoms with Crippen LogP contribution in [0.1, 0.15) is 29.2 Å². The maximum Gasteiger partial charge on any atom is 0.175 e. The normalized spacial score (nSPS) is 11.1. The van der Waals surface area contributed by atoms with Gasteiger partial charge in [0.2, 0.25) is 0 Å². The third kappa shape index (κ3) is 5.44. The molecule has 3 aromatic rings. The van der Waals surface area contributed by atoms with Crippen LogP contribution < -0.4 is 9.47 Å². The van der Waals surface area contributed by atoms with Crippen molar-refractivity contribution in [2.75, 3.05) is 6.61 Å². The fraction of sp³-hybridized carbons (Fsp3) is 0.160. The van der Waals surface area contributed by atoms with Crippen molar-refractivity contribution in [3.63, 3.8) is 0 Å². The lowest BCUT2D eigenvalue weighted by Gasteiger charge is -2.15. The molecule has 0 aromatic heterocycles. The van der Waals surface area contributed by atoms with E-state index >= 15 is 0 Å². The van der Waals surface area contributed by atoms with Gasteiger partial charge in [0.25, 0.3) is 0 Å². The van der Waals surface area contributed by atoms with Gasteiger partial charge in [0.05, 0.1) is 22.7 Å². The van der Waals surface area contributed by atoms with Crippen molar-refractivity contribution in [1.29, 1.82) is 5.26 Å². The highest BCUT2D eigenvalue weighted by atomic mass is 79.9. The molecule has 0 aliphatic rings.